The lowest BCUT2D eigenvalue weighted by atomic mass is 10.1. The van der Waals surface area contributed by atoms with Gasteiger partial charge in [0.1, 0.15) is 5.82 Å². The Labute approximate surface area is 128 Å². The summed E-state index contributed by atoms with van der Waals surface area (Å²) in [7, 11) is 0. The monoisotopic (exact) mass is 292 g/mol. The molecule has 0 aromatic carbocycles. The third-order valence-corrected chi connectivity index (χ3v) is 3.88. The zero-order chi connectivity index (χ0) is 14.8. The first kappa shape index (κ1) is 13.1. The molecule has 3 aromatic rings. The average molecular weight is 292 g/mol. The van der Waals surface area contributed by atoms with Gasteiger partial charge in [0.05, 0.1) is 12.2 Å². The van der Waals surface area contributed by atoms with Crippen LogP contribution in [0.15, 0.2) is 43.1 Å². The van der Waals surface area contributed by atoms with Crippen molar-refractivity contribution in [2.75, 3.05) is 6.54 Å². The van der Waals surface area contributed by atoms with Gasteiger partial charge in [0.15, 0.2) is 5.82 Å². The van der Waals surface area contributed by atoms with Crippen molar-refractivity contribution in [3.05, 3.63) is 60.2 Å². The van der Waals surface area contributed by atoms with E-state index in [0.29, 0.717) is 0 Å². The normalized spacial score (nSPS) is 14.7. The van der Waals surface area contributed by atoms with Gasteiger partial charge in [-0.2, -0.15) is 0 Å². The number of pyridine rings is 1. The van der Waals surface area contributed by atoms with E-state index in [1.165, 1.54) is 5.56 Å². The van der Waals surface area contributed by atoms with Crippen molar-refractivity contribution < 1.29 is 0 Å². The van der Waals surface area contributed by atoms with Crippen LogP contribution in [0.1, 0.15) is 17.1 Å². The molecule has 0 aliphatic carbocycles. The molecule has 0 radical (unpaired) electrons. The lowest BCUT2D eigenvalue weighted by molar-refractivity contribution is 0.237. The van der Waals surface area contributed by atoms with Crippen LogP contribution < -0.4 is 0 Å². The molecule has 0 fully saturated rings. The topological polar surface area (TPSA) is 70.6 Å². The Hall–Kier alpha value is -2.60. The number of nitrogens with one attached hydrogen (secondary N) is 1. The van der Waals surface area contributed by atoms with Gasteiger partial charge < -0.3 is 4.98 Å². The summed E-state index contributed by atoms with van der Waals surface area (Å²) in [6, 6.07) is 3.88. The summed E-state index contributed by atoms with van der Waals surface area (Å²) in [6.45, 7) is 2.69. The van der Waals surface area contributed by atoms with E-state index in [-0.39, 0.29) is 0 Å². The maximum atomic E-state index is 4.73. The number of aromatic amines is 1. The number of imidazole rings is 1. The first-order valence-corrected chi connectivity index (χ1v) is 7.34. The average Bonchev–Trinajstić information content (AvgIpc) is 3.08. The van der Waals surface area contributed by atoms with E-state index in [2.05, 4.69) is 24.8 Å². The van der Waals surface area contributed by atoms with E-state index in [4.69, 9.17) is 4.98 Å². The molecule has 0 saturated carbocycles. The summed E-state index contributed by atoms with van der Waals surface area (Å²) in [5.74, 6) is 1.78. The SMILES string of the molecule is c1cc(-c2ncc3c(n2)CCN(Cc2ncc[nH]2)C3)ccn1. The Balaban J connectivity index is 1.54. The highest BCUT2D eigenvalue weighted by Crippen LogP contribution is 2.21. The number of fused-ring (bicyclic) bond motifs is 1. The molecule has 0 bridgehead atoms. The smallest absolute Gasteiger partial charge is 0.159 e. The van der Waals surface area contributed by atoms with E-state index >= 15 is 0 Å². The zero-order valence-electron chi connectivity index (χ0n) is 12.1. The Morgan fingerprint density at radius 3 is 2.86 bits per heavy atom. The lowest BCUT2D eigenvalue weighted by Gasteiger charge is -2.27. The van der Waals surface area contributed by atoms with Crippen molar-refractivity contribution in [1.29, 1.82) is 0 Å². The summed E-state index contributed by atoms with van der Waals surface area (Å²) in [6.07, 6.45) is 10.1. The predicted octanol–water partition coefficient (Wildman–Crippen LogP) is 1.82. The van der Waals surface area contributed by atoms with E-state index in [9.17, 15) is 0 Å². The van der Waals surface area contributed by atoms with Gasteiger partial charge in [0, 0.05) is 61.6 Å². The molecular formula is C16H16N6. The van der Waals surface area contributed by atoms with Crippen molar-refractivity contribution in [3.8, 4) is 11.4 Å². The van der Waals surface area contributed by atoms with Crippen LogP contribution >= 0.6 is 0 Å². The van der Waals surface area contributed by atoms with Gasteiger partial charge in [-0.1, -0.05) is 0 Å². The predicted molar refractivity (Wildman–Crippen MR) is 81.7 cm³/mol. The second kappa shape index (κ2) is 5.65. The van der Waals surface area contributed by atoms with Gasteiger partial charge in [0.2, 0.25) is 0 Å². The number of H-pyrrole nitrogens is 1. The van der Waals surface area contributed by atoms with Crippen LogP contribution in [0.2, 0.25) is 0 Å². The third kappa shape index (κ3) is 2.60. The quantitative estimate of drug-likeness (QED) is 0.797. The maximum absolute atomic E-state index is 4.73. The van der Waals surface area contributed by atoms with Crippen LogP contribution in [0.5, 0.6) is 0 Å². The first-order chi connectivity index (χ1) is 10.9. The molecule has 0 unspecified atom stereocenters. The number of aromatic nitrogens is 5. The zero-order valence-corrected chi connectivity index (χ0v) is 12.1. The molecule has 6 nitrogen and oxygen atoms in total. The minimum absolute atomic E-state index is 0.778. The highest BCUT2D eigenvalue weighted by atomic mass is 15.2. The Morgan fingerprint density at radius 1 is 1.14 bits per heavy atom. The molecule has 1 N–H and O–H groups in total. The number of rotatable bonds is 3. The molecule has 6 heteroatoms. The largest absolute Gasteiger partial charge is 0.348 e. The summed E-state index contributed by atoms with van der Waals surface area (Å²) in [4.78, 5) is 23.1. The minimum Gasteiger partial charge on any atom is -0.348 e. The Bertz CT molecular complexity index is 754. The van der Waals surface area contributed by atoms with E-state index in [0.717, 1.165) is 49.0 Å². The number of nitrogens with zero attached hydrogens (tertiary/aromatic N) is 5. The second-order valence-corrected chi connectivity index (χ2v) is 5.40. The summed E-state index contributed by atoms with van der Waals surface area (Å²) >= 11 is 0. The van der Waals surface area contributed by atoms with Crippen molar-refractivity contribution in [3.63, 3.8) is 0 Å². The van der Waals surface area contributed by atoms with Gasteiger partial charge in [-0.05, 0) is 12.1 Å². The van der Waals surface area contributed by atoms with Crippen LogP contribution in [0.25, 0.3) is 11.4 Å². The van der Waals surface area contributed by atoms with Crippen molar-refractivity contribution in [2.45, 2.75) is 19.5 Å². The Kier molecular flexibility index (Phi) is 3.36. The molecule has 110 valence electrons. The fraction of sp³-hybridized carbons (Fsp3) is 0.250. The summed E-state index contributed by atoms with van der Waals surface area (Å²) < 4.78 is 0. The van der Waals surface area contributed by atoms with Crippen molar-refractivity contribution in [2.24, 2.45) is 0 Å². The van der Waals surface area contributed by atoms with Gasteiger partial charge >= 0.3 is 0 Å². The molecule has 4 heterocycles. The molecule has 1 aliphatic heterocycles. The van der Waals surface area contributed by atoms with Crippen LogP contribution in [0, 0.1) is 0 Å². The first-order valence-electron chi connectivity index (χ1n) is 7.34. The molecule has 0 atom stereocenters. The highest BCUT2D eigenvalue weighted by molar-refractivity contribution is 5.54. The highest BCUT2D eigenvalue weighted by Gasteiger charge is 2.19. The number of hydrogen-bond acceptors (Lipinski definition) is 5. The van der Waals surface area contributed by atoms with Gasteiger partial charge in [0.25, 0.3) is 0 Å². The maximum Gasteiger partial charge on any atom is 0.159 e. The summed E-state index contributed by atoms with van der Waals surface area (Å²) in [5.41, 5.74) is 3.36. The van der Waals surface area contributed by atoms with Gasteiger partial charge in [-0.3, -0.25) is 9.88 Å². The van der Waals surface area contributed by atoms with Crippen molar-refractivity contribution >= 4 is 0 Å². The van der Waals surface area contributed by atoms with E-state index in [1.54, 1.807) is 18.6 Å². The van der Waals surface area contributed by atoms with E-state index < -0.39 is 0 Å². The molecule has 0 spiro atoms. The standard InChI is InChI=1S/C16H16N6/c1-4-17-5-2-12(1)16-20-9-13-10-22(8-3-14(13)21-16)11-15-18-6-7-19-15/h1-2,4-7,9H,3,8,10-11H2,(H,18,19). The molecular weight excluding hydrogens is 276 g/mol. The second-order valence-electron chi connectivity index (χ2n) is 5.40. The fourth-order valence-corrected chi connectivity index (χ4v) is 2.75. The molecule has 0 amide bonds. The fourth-order valence-electron chi connectivity index (χ4n) is 2.75. The minimum atomic E-state index is 0.778. The summed E-state index contributed by atoms with van der Waals surface area (Å²) in [5, 5.41) is 0. The lowest BCUT2D eigenvalue weighted by Crippen LogP contribution is -2.31. The molecule has 3 aromatic heterocycles. The van der Waals surface area contributed by atoms with Gasteiger partial charge in [-0.15, -0.1) is 0 Å². The third-order valence-electron chi connectivity index (χ3n) is 3.88. The van der Waals surface area contributed by atoms with Crippen LogP contribution in [-0.4, -0.2) is 36.4 Å². The van der Waals surface area contributed by atoms with Crippen LogP contribution in [-0.2, 0) is 19.5 Å². The van der Waals surface area contributed by atoms with Gasteiger partial charge in [-0.25, -0.2) is 15.0 Å². The molecule has 4 rings (SSSR count). The van der Waals surface area contributed by atoms with Crippen molar-refractivity contribution in [1.82, 2.24) is 29.8 Å². The van der Waals surface area contributed by atoms with Crippen LogP contribution in [0.4, 0.5) is 0 Å². The molecule has 1 aliphatic rings. The van der Waals surface area contributed by atoms with Crippen LogP contribution in [0.3, 0.4) is 0 Å². The molecule has 22 heavy (non-hydrogen) atoms. The van der Waals surface area contributed by atoms with E-state index in [1.807, 2.05) is 24.5 Å². The molecule has 0 saturated heterocycles. The number of hydrogen-bond donors (Lipinski definition) is 1. The Morgan fingerprint density at radius 2 is 2.05 bits per heavy atom.